The van der Waals surface area contributed by atoms with Gasteiger partial charge in [-0.1, -0.05) is 76.7 Å². The Morgan fingerprint density at radius 1 is 0.591 bits per heavy atom. The second-order valence-corrected chi connectivity index (χ2v) is 6.15. The van der Waals surface area contributed by atoms with Crippen molar-refractivity contribution in [2.45, 2.75) is 91.9 Å². The van der Waals surface area contributed by atoms with Gasteiger partial charge in [-0.15, -0.1) is 13.2 Å². The Hall–Kier alpha value is -1.04. The Labute approximate surface area is 140 Å². The molecule has 0 radical (unpaired) electrons. The maximum atomic E-state index is 3.98. The molecule has 0 bridgehead atoms. The van der Waals surface area contributed by atoms with Crippen molar-refractivity contribution in [1.29, 1.82) is 0 Å². The third-order valence-corrected chi connectivity index (χ3v) is 4.10. The lowest BCUT2D eigenvalue weighted by Gasteiger charge is -2.21. The third kappa shape index (κ3) is 7.29. The molecular weight excluding hydrogens is 264 g/mol. The highest BCUT2D eigenvalue weighted by Gasteiger charge is 2.14. The third-order valence-electron chi connectivity index (χ3n) is 4.10. The van der Waals surface area contributed by atoms with Gasteiger partial charge in [0.2, 0.25) is 0 Å². The number of hydrogen-bond donors (Lipinski definition) is 0. The molecule has 0 atom stereocenters. The van der Waals surface area contributed by atoms with Gasteiger partial charge in [0.15, 0.2) is 0 Å². The topological polar surface area (TPSA) is 0 Å². The van der Waals surface area contributed by atoms with E-state index in [1.165, 1.54) is 51.4 Å². The molecule has 0 heterocycles. The van der Waals surface area contributed by atoms with Gasteiger partial charge in [-0.05, 0) is 49.7 Å². The van der Waals surface area contributed by atoms with Gasteiger partial charge < -0.3 is 0 Å². The molecule has 126 valence electrons. The second kappa shape index (κ2) is 13.6. The van der Waals surface area contributed by atoms with Crippen LogP contribution in [0.3, 0.4) is 0 Å². The van der Waals surface area contributed by atoms with E-state index in [-0.39, 0.29) is 0 Å². The summed E-state index contributed by atoms with van der Waals surface area (Å²) in [6, 6.07) is 0. The first kappa shape index (κ1) is 21.0. The van der Waals surface area contributed by atoms with E-state index in [9.17, 15) is 0 Å². The lowest BCUT2D eigenvalue weighted by molar-refractivity contribution is 0.771. The molecule has 0 saturated heterocycles. The predicted octanol–water partition coefficient (Wildman–Crippen LogP) is 7.93. The first-order chi connectivity index (χ1) is 10.7. The molecule has 0 N–H and O–H groups in total. The quantitative estimate of drug-likeness (QED) is 0.239. The molecule has 0 amide bonds. The van der Waals surface area contributed by atoms with E-state index < -0.39 is 0 Å². The van der Waals surface area contributed by atoms with Gasteiger partial charge in [0.05, 0.1) is 0 Å². The number of hydrogen-bond acceptors (Lipinski definition) is 0. The fraction of sp³-hybridized carbons (Fsp3) is 0.636. The largest absolute Gasteiger partial charge is 0.103 e. The summed E-state index contributed by atoms with van der Waals surface area (Å²) >= 11 is 0. The Morgan fingerprint density at radius 3 is 1.14 bits per heavy atom. The molecule has 22 heavy (non-hydrogen) atoms. The van der Waals surface area contributed by atoms with Crippen LogP contribution in [0.15, 0.2) is 47.6 Å². The summed E-state index contributed by atoms with van der Waals surface area (Å²) in [5.74, 6) is 0. The molecule has 0 rings (SSSR count). The van der Waals surface area contributed by atoms with Gasteiger partial charge in [0.25, 0.3) is 0 Å². The summed E-state index contributed by atoms with van der Waals surface area (Å²) in [7, 11) is 0. The van der Waals surface area contributed by atoms with Crippen LogP contribution in [0, 0.1) is 0 Å². The number of rotatable bonds is 13. The maximum Gasteiger partial charge on any atom is -0.0136 e. The lowest BCUT2D eigenvalue weighted by atomic mass is 9.84. The second-order valence-electron chi connectivity index (χ2n) is 6.15. The van der Waals surface area contributed by atoms with E-state index in [0.29, 0.717) is 0 Å². The van der Waals surface area contributed by atoms with Gasteiger partial charge >= 0.3 is 0 Å². The highest BCUT2D eigenvalue weighted by Crippen LogP contribution is 2.33. The highest BCUT2D eigenvalue weighted by molar-refractivity contribution is 5.40. The Morgan fingerprint density at radius 2 is 0.909 bits per heavy atom. The van der Waals surface area contributed by atoms with E-state index in [4.69, 9.17) is 0 Å². The number of allylic oxidation sites excluding steroid dienone is 6. The van der Waals surface area contributed by atoms with E-state index >= 15 is 0 Å². The molecule has 0 unspecified atom stereocenters. The fourth-order valence-corrected chi connectivity index (χ4v) is 3.29. The lowest BCUT2D eigenvalue weighted by Crippen LogP contribution is -2.02. The molecule has 0 aliphatic carbocycles. The summed E-state index contributed by atoms with van der Waals surface area (Å²) < 4.78 is 0. The zero-order valence-electron chi connectivity index (χ0n) is 15.6. The van der Waals surface area contributed by atoms with Crippen LogP contribution < -0.4 is 0 Å². The highest BCUT2D eigenvalue weighted by atomic mass is 14.2. The van der Waals surface area contributed by atoms with Gasteiger partial charge in [0.1, 0.15) is 0 Å². The first-order valence-electron chi connectivity index (χ1n) is 9.33. The minimum atomic E-state index is 1.05. The van der Waals surface area contributed by atoms with Crippen LogP contribution in [-0.4, -0.2) is 0 Å². The SMILES string of the molecule is C=CC/C(CCC)=C(CCC)\C(CCC)=C(/CC=C)CCC. The van der Waals surface area contributed by atoms with Crippen molar-refractivity contribution >= 4 is 0 Å². The Bertz CT molecular complexity index is 341. The molecule has 0 aromatic carbocycles. The first-order valence-corrected chi connectivity index (χ1v) is 9.33. The molecule has 0 aromatic rings. The van der Waals surface area contributed by atoms with E-state index in [0.717, 1.165) is 12.8 Å². The van der Waals surface area contributed by atoms with Crippen LogP contribution in [0.5, 0.6) is 0 Å². The van der Waals surface area contributed by atoms with Crippen molar-refractivity contribution in [2.24, 2.45) is 0 Å². The van der Waals surface area contributed by atoms with Crippen molar-refractivity contribution in [3.05, 3.63) is 47.6 Å². The summed E-state index contributed by atoms with van der Waals surface area (Å²) in [6.45, 7) is 17.1. The van der Waals surface area contributed by atoms with Gasteiger partial charge in [-0.25, -0.2) is 0 Å². The fourth-order valence-electron chi connectivity index (χ4n) is 3.29. The zero-order valence-corrected chi connectivity index (χ0v) is 15.6. The van der Waals surface area contributed by atoms with Crippen molar-refractivity contribution in [1.82, 2.24) is 0 Å². The summed E-state index contributed by atoms with van der Waals surface area (Å²) in [6.07, 6.45) is 16.0. The molecule has 0 aliphatic heterocycles. The average Bonchev–Trinajstić information content (AvgIpc) is 2.50. The standard InChI is InChI=1S/C22H38/c1-7-13-19(14-8-2)21(17-11-5)22(18-12-6)20(15-9-3)16-10-4/h7,9H,1,3,8,10-18H2,2,4-6H3/b21-19+,22-20+. The summed E-state index contributed by atoms with van der Waals surface area (Å²) in [5, 5.41) is 0. The van der Waals surface area contributed by atoms with Crippen molar-refractivity contribution < 1.29 is 0 Å². The zero-order chi connectivity index (χ0) is 16.8. The molecule has 0 spiro atoms. The van der Waals surface area contributed by atoms with Crippen LogP contribution in [0.25, 0.3) is 0 Å². The molecule has 0 heteroatoms. The van der Waals surface area contributed by atoms with Crippen LogP contribution in [0.2, 0.25) is 0 Å². The Balaban J connectivity index is 6.02. The van der Waals surface area contributed by atoms with Crippen LogP contribution in [-0.2, 0) is 0 Å². The molecule has 0 saturated carbocycles. The van der Waals surface area contributed by atoms with Crippen LogP contribution in [0.4, 0.5) is 0 Å². The molecular formula is C22H38. The average molecular weight is 303 g/mol. The minimum absolute atomic E-state index is 1.05. The van der Waals surface area contributed by atoms with Crippen LogP contribution in [0.1, 0.15) is 91.9 Å². The van der Waals surface area contributed by atoms with Gasteiger partial charge in [0, 0.05) is 0 Å². The van der Waals surface area contributed by atoms with E-state index in [1.54, 1.807) is 22.3 Å². The Kier molecular flexibility index (Phi) is 13.0. The smallest absolute Gasteiger partial charge is 0.0136 e. The molecule has 0 nitrogen and oxygen atoms in total. The van der Waals surface area contributed by atoms with Gasteiger partial charge in [-0.3, -0.25) is 0 Å². The van der Waals surface area contributed by atoms with E-state index in [1.807, 2.05) is 0 Å². The predicted molar refractivity (Wildman–Crippen MR) is 103 cm³/mol. The monoisotopic (exact) mass is 302 g/mol. The van der Waals surface area contributed by atoms with Gasteiger partial charge in [-0.2, -0.15) is 0 Å². The van der Waals surface area contributed by atoms with Crippen molar-refractivity contribution in [2.75, 3.05) is 0 Å². The van der Waals surface area contributed by atoms with Crippen molar-refractivity contribution in [3.8, 4) is 0 Å². The summed E-state index contributed by atoms with van der Waals surface area (Å²) in [5.41, 5.74) is 6.55. The summed E-state index contributed by atoms with van der Waals surface area (Å²) in [4.78, 5) is 0. The normalized spacial score (nSPS) is 13.5. The molecule has 0 aliphatic rings. The minimum Gasteiger partial charge on any atom is -0.103 e. The van der Waals surface area contributed by atoms with Crippen molar-refractivity contribution in [3.63, 3.8) is 0 Å². The van der Waals surface area contributed by atoms with E-state index in [2.05, 4.69) is 53.0 Å². The molecule has 0 aromatic heterocycles. The van der Waals surface area contributed by atoms with Crippen LogP contribution >= 0.6 is 0 Å². The maximum absolute atomic E-state index is 3.98. The molecule has 0 fully saturated rings.